The first kappa shape index (κ1) is 18.8. The van der Waals surface area contributed by atoms with Gasteiger partial charge in [0.15, 0.2) is 0 Å². The molecule has 4 aromatic carbocycles. The molecule has 0 radical (unpaired) electrons. The van der Waals surface area contributed by atoms with Gasteiger partial charge in [-0.3, -0.25) is 0 Å². The normalized spacial score (nSPS) is 12.1. The van der Waals surface area contributed by atoms with Crippen LogP contribution < -0.4 is 4.57 Å². The summed E-state index contributed by atoms with van der Waals surface area (Å²) in [5, 5.41) is 0. The van der Waals surface area contributed by atoms with E-state index in [0.717, 1.165) is 12.8 Å². The van der Waals surface area contributed by atoms with Crippen molar-refractivity contribution in [3.63, 3.8) is 0 Å². The van der Waals surface area contributed by atoms with Gasteiger partial charge in [-0.15, -0.1) is 0 Å². The molecule has 5 aromatic rings. The Morgan fingerprint density at radius 2 is 1.09 bits per heavy atom. The molecule has 0 amide bonds. The van der Waals surface area contributed by atoms with E-state index in [0.29, 0.717) is 0 Å². The van der Waals surface area contributed by atoms with Gasteiger partial charge in [-0.05, 0) is 47.7 Å². The monoisotopic (exact) mass is 410 g/mol. The molecule has 0 spiro atoms. The van der Waals surface area contributed by atoms with Crippen LogP contribution in [0.3, 0.4) is 0 Å². The van der Waals surface area contributed by atoms with E-state index in [9.17, 15) is 0 Å². The second-order valence-electron chi connectivity index (χ2n) is 8.33. The summed E-state index contributed by atoms with van der Waals surface area (Å²) >= 11 is 0. The van der Waals surface area contributed by atoms with Gasteiger partial charge in [-0.2, -0.15) is 4.57 Å². The predicted octanol–water partition coefficient (Wildman–Crippen LogP) is 7.06. The van der Waals surface area contributed by atoms with Gasteiger partial charge in [-0.25, -0.2) is 0 Å². The van der Waals surface area contributed by atoms with E-state index < -0.39 is 0 Å². The van der Waals surface area contributed by atoms with Gasteiger partial charge in [0.05, 0.1) is 5.56 Å². The molecule has 6 rings (SSSR count). The number of fused-ring (bicyclic) bond motifs is 3. The highest BCUT2D eigenvalue weighted by Crippen LogP contribution is 2.39. The van der Waals surface area contributed by atoms with Crippen molar-refractivity contribution in [1.82, 2.24) is 0 Å². The highest BCUT2D eigenvalue weighted by molar-refractivity contribution is 5.81. The molecule has 0 fully saturated rings. The summed E-state index contributed by atoms with van der Waals surface area (Å²) in [5.41, 5.74) is 11.8. The summed E-state index contributed by atoms with van der Waals surface area (Å²) in [6.07, 6.45) is 2.11. The van der Waals surface area contributed by atoms with Crippen LogP contribution in [0.15, 0.2) is 121 Å². The van der Waals surface area contributed by atoms with Gasteiger partial charge in [0.25, 0.3) is 0 Å². The predicted molar refractivity (Wildman–Crippen MR) is 132 cm³/mol. The molecule has 1 nitrogen and oxygen atoms in total. The Kier molecular flexibility index (Phi) is 4.66. The van der Waals surface area contributed by atoms with Crippen molar-refractivity contribution < 1.29 is 4.57 Å². The molecule has 1 aromatic heterocycles. The van der Waals surface area contributed by atoms with Crippen molar-refractivity contribution >= 4 is 0 Å². The van der Waals surface area contributed by atoms with E-state index in [1.807, 2.05) is 0 Å². The van der Waals surface area contributed by atoms with Crippen LogP contribution in [-0.4, -0.2) is 0 Å². The number of nitrogens with zero attached hydrogens (tertiary/aromatic N) is 1. The van der Waals surface area contributed by atoms with Crippen LogP contribution in [0, 0.1) is 0 Å². The van der Waals surface area contributed by atoms with E-state index in [2.05, 4.69) is 126 Å². The summed E-state index contributed by atoms with van der Waals surface area (Å²) in [6.45, 7) is 0. The minimum Gasteiger partial charge on any atom is -0.153 e. The maximum absolute atomic E-state index is 2.47. The third-order valence-electron chi connectivity index (χ3n) is 6.44. The van der Waals surface area contributed by atoms with Gasteiger partial charge >= 0.3 is 0 Å². The molecule has 0 saturated carbocycles. The highest BCUT2D eigenvalue weighted by Gasteiger charge is 2.33. The van der Waals surface area contributed by atoms with Crippen LogP contribution in [0.25, 0.3) is 39.3 Å². The van der Waals surface area contributed by atoms with Crippen molar-refractivity contribution in [3.05, 3.63) is 132 Å². The third kappa shape index (κ3) is 3.14. The fraction of sp³-hybridized carbons (Fsp3) is 0.0645. The fourth-order valence-electron chi connectivity index (χ4n) is 4.98. The Morgan fingerprint density at radius 3 is 1.81 bits per heavy atom. The highest BCUT2D eigenvalue weighted by atomic mass is 15.0. The van der Waals surface area contributed by atoms with Crippen LogP contribution in [0.2, 0.25) is 0 Å². The molecule has 0 saturated heterocycles. The van der Waals surface area contributed by atoms with Crippen molar-refractivity contribution in [2.45, 2.75) is 12.8 Å². The number of para-hydroxylation sites is 1. The lowest BCUT2D eigenvalue weighted by atomic mass is 9.83. The molecule has 0 aliphatic heterocycles. The second-order valence-corrected chi connectivity index (χ2v) is 8.33. The number of benzene rings is 4. The van der Waals surface area contributed by atoms with E-state index in [1.165, 1.54) is 50.5 Å². The van der Waals surface area contributed by atoms with E-state index in [-0.39, 0.29) is 0 Å². The Balaban J connectivity index is 1.78. The molecular formula is C31H24N+. The molecular weight excluding hydrogens is 386 g/mol. The Labute approximate surface area is 189 Å². The first-order valence-electron chi connectivity index (χ1n) is 11.3. The Bertz CT molecular complexity index is 1390. The Morgan fingerprint density at radius 1 is 0.500 bits per heavy atom. The second kappa shape index (κ2) is 7.94. The first-order valence-corrected chi connectivity index (χ1v) is 11.3. The fourth-order valence-corrected chi connectivity index (χ4v) is 4.98. The number of pyridine rings is 1. The Hall–Kier alpha value is -3.97. The minimum absolute atomic E-state index is 1.04. The largest absolute Gasteiger partial charge is 0.223 e. The molecule has 1 heterocycles. The van der Waals surface area contributed by atoms with Gasteiger partial charge < -0.3 is 0 Å². The maximum atomic E-state index is 2.47. The molecule has 0 atom stereocenters. The smallest absolute Gasteiger partial charge is 0.153 e. The summed E-state index contributed by atoms with van der Waals surface area (Å²) in [7, 11) is 0. The lowest BCUT2D eigenvalue weighted by Gasteiger charge is -2.22. The van der Waals surface area contributed by atoms with Crippen molar-refractivity contribution in [1.29, 1.82) is 0 Å². The lowest BCUT2D eigenvalue weighted by molar-refractivity contribution is -0.572. The van der Waals surface area contributed by atoms with Crippen LogP contribution in [-0.2, 0) is 12.8 Å². The number of hydrogen-bond acceptors (Lipinski definition) is 0. The molecule has 1 aliphatic rings. The molecule has 32 heavy (non-hydrogen) atoms. The summed E-state index contributed by atoms with van der Waals surface area (Å²) in [5.74, 6) is 0. The average molecular weight is 411 g/mol. The molecule has 0 unspecified atom stereocenters. The van der Waals surface area contributed by atoms with E-state index in [1.54, 1.807) is 0 Å². The molecule has 152 valence electrons. The topological polar surface area (TPSA) is 3.88 Å². The minimum atomic E-state index is 1.04. The van der Waals surface area contributed by atoms with Crippen LogP contribution in [0.5, 0.6) is 0 Å². The third-order valence-corrected chi connectivity index (χ3v) is 6.44. The zero-order valence-electron chi connectivity index (χ0n) is 17.9. The van der Waals surface area contributed by atoms with Crippen LogP contribution >= 0.6 is 0 Å². The van der Waals surface area contributed by atoms with Gasteiger partial charge in [-0.1, -0.05) is 84.9 Å². The molecule has 1 heteroatoms. The number of hydrogen-bond donors (Lipinski definition) is 0. The molecule has 1 aliphatic carbocycles. The number of aromatic nitrogens is 1. The van der Waals surface area contributed by atoms with Crippen molar-refractivity contribution in [2.24, 2.45) is 0 Å². The van der Waals surface area contributed by atoms with Gasteiger partial charge in [0.2, 0.25) is 17.1 Å². The van der Waals surface area contributed by atoms with Gasteiger partial charge in [0.1, 0.15) is 0 Å². The number of rotatable bonds is 3. The first-order chi connectivity index (χ1) is 15.9. The SMILES string of the molecule is c1ccc(-c2cc(-c3ccccc3)[n+](-c3ccccc3)c3c2CCc2ccccc2-3)cc1. The quantitative estimate of drug-likeness (QED) is 0.280. The number of aryl methyl sites for hydroxylation is 1. The lowest BCUT2D eigenvalue weighted by Crippen LogP contribution is -2.39. The van der Waals surface area contributed by atoms with Crippen LogP contribution in [0.4, 0.5) is 0 Å². The maximum Gasteiger partial charge on any atom is 0.223 e. The zero-order valence-corrected chi connectivity index (χ0v) is 17.9. The summed E-state index contributed by atoms with van der Waals surface area (Å²) < 4.78 is 2.47. The zero-order chi connectivity index (χ0) is 21.3. The van der Waals surface area contributed by atoms with Crippen LogP contribution in [0.1, 0.15) is 11.1 Å². The van der Waals surface area contributed by atoms with Crippen molar-refractivity contribution in [3.8, 4) is 39.3 Å². The summed E-state index contributed by atoms with van der Waals surface area (Å²) in [6, 6.07) is 43.7. The molecule has 0 N–H and O–H groups in total. The van der Waals surface area contributed by atoms with Crippen molar-refractivity contribution in [2.75, 3.05) is 0 Å². The van der Waals surface area contributed by atoms with E-state index >= 15 is 0 Å². The van der Waals surface area contributed by atoms with E-state index in [4.69, 9.17) is 0 Å². The average Bonchev–Trinajstić information content (AvgIpc) is 2.89. The standard InChI is InChI=1S/C31H24N/c1-4-12-23(13-5-1)29-22-30(25-15-6-2-7-16-25)32(26-17-8-3-9-18-26)31-27-19-11-10-14-24(27)20-21-28(29)31/h1-19,22H,20-21H2/q+1. The molecule has 0 bridgehead atoms. The van der Waals surface area contributed by atoms with Gasteiger partial charge in [0, 0.05) is 29.3 Å². The summed E-state index contributed by atoms with van der Waals surface area (Å²) in [4.78, 5) is 0.